The van der Waals surface area contributed by atoms with Crippen molar-refractivity contribution in [1.82, 2.24) is 15.1 Å². The summed E-state index contributed by atoms with van der Waals surface area (Å²) in [5, 5.41) is 5.73. The Hall–Kier alpha value is -2.28. The van der Waals surface area contributed by atoms with Crippen LogP contribution in [0.2, 0.25) is 0 Å². The maximum absolute atomic E-state index is 12.4. The van der Waals surface area contributed by atoms with E-state index in [1.807, 2.05) is 29.2 Å². The van der Waals surface area contributed by atoms with Crippen LogP contribution in [0.4, 0.5) is 21.0 Å². The molecule has 1 aromatic carbocycles. The van der Waals surface area contributed by atoms with Crippen LogP contribution in [0, 0.1) is 0 Å². The van der Waals surface area contributed by atoms with Crippen molar-refractivity contribution in [2.75, 3.05) is 56.0 Å². The number of amides is 4. The zero-order valence-electron chi connectivity index (χ0n) is 14.1. The normalized spacial score (nSPS) is 18.6. The maximum atomic E-state index is 12.4. The lowest BCUT2D eigenvalue weighted by Crippen LogP contribution is -2.50. The molecule has 0 radical (unpaired) electrons. The highest BCUT2D eigenvalue weighted by molar-refractivity contribution is 5.95. The number of carbonyl (C=O) groups is 2. The van der Waals surface area contributed by atoms with Gasteiger partial charge in [-0.25, -0.2) is 9.59 Å². The summed E-state index contributed by atoms with van der Waals surface area (Å²) in [7, 11) is 0. The van der Waals surface area contributed by atoms with Crippen molar-refractivity contribution in [2.24, 2.45) is 0 Å². The van der Waals surface area contributed by atoms with Gasteiger partial charge < -0.3 is 15.5 Å². The molecule has 2 saturated heterocycles. The molecule has 4 amide bonds. The minimum Gasteiger partial charge on any atom is -0.336 e. The predicted octanol–water partition coefficient (Wildman–Crippen LogP) is 1.78. The van der Waals surface area contributed by atoms with Gasteiger partial charge in [-0.3, -0.25) is 9.80 Å². The molecule has 0 spiro atoms. The standard InChI is InChI=1S/C17H25N5O2/c1-2-7-20-9-11-21(12-10-20)17(24)19-14-4-3-5-15(13-14)22-8-6-18-16(22)23/h3-5,13H,2,6-12H2,1H3,(H,18,23)(H,19,24). The largest absolute Gasteiger partial charge is 0.336 e. The SMILES string of the molecule is CCCN1CCN(C(=O)Nc2cccc(N3CCNC3=O)c2)CC1. The number of urea groups is 2. The molecule has 0 bridgehead atoms. The highest BCUT2D eigenvalue weighted by Gasteiger charge is 2.23. The third-order valence-electron chi connectivity index (χ3n) is 4.47. The van der Waals surface area contributed by atoms with Crippen LogP contribution < -0.4 is 15.5 Å². The summed E-state index contributed by atoms with van der Waals surface area (Å²) >= 11 is 0. The second-order valence-corrected chi connectivity index (χ2v) is 6.19. The molecule has 7 nitrogen and oxygen atoms in total. The summed E-state index contributed by atoms with van der Waals surface area (Å²) in [5.74, 6) is 0. The van der Waals surface area contributed by atoms with Gasteiger partial charge in [-0.15, -0.1) is 0 Å². The molecule has 3 rings (SSSR count). The molecule has 24 heavy (non-hydrogen) atoms. The number of hydrogen-bond acceptors (Lipinski definition) is 3. The van der Waals surface area contributed by atoms with Crippen LogP contribution in [0.25, 0.3) is 0 Å². The zero-order valence-corrected chi connectivity index (χ0v) is 14.1. The Morgan fingerprint density at radius 2 is 2.00 bits per heavy atom. The number of piperazine rings is 1. The van der Waals surface area contributed by atoms with Crippen molar-refractivity contribution in [2.45, 2.75) is 13.3 Å². The third kappa shape index (κ3) is 3.79. The Bertz CT molecular complexity index is 598. The van der Waals surface area contributed by atoms with Crippen LogP contribution in [0.15, 0.2) is 24.3 Å². The molecule has 2 aliphatic rings. The molecule has 2 N–H and O–H groups in total. The van der Waals surface area contributed by atoms with Gasteiger partial charge in [0, 0.05) is 50.6 Å². The summed E-state index contributed by atoms with van der Waals surface area (Å²) < 4.78 is 0. The van der Waals surface area contributed by atoms with Gasteiger partial charge in [0.2, 0.25) is 0 Å². The van der Waals surface area contributed by atoms with Crippen LogP contribution in [0.5, 0.6) is 0 Å². The van der Waals surface area contributed by atoms with Gasteiger partial charge in [0.15, 0.2) is 0 Å². The molecule has 130 valence electrons. The lowest BCUT2D eigenvalue weighted by Gasteiger charge is -2.34. The molecule has 1 aromatic rings. The lowest BCUT2D eigenvalue weighted by molar-refractivity contribution is 0.147. The number of rotatable bonds is 4. The number of benzene rings is 1. The summed E-state index contributed by atoms with van der Waals surface area (Å²) in [4.78, 5) is 30.1. The van der Waals surface area contributed by atoms with E-state index in [1.54, 1.807) is 4.90 Å². The fraction of sp³-hybridized carbons (Fsp3) is 0.529. The Morgan fingerprint density at radius 1 is 1.21 bits per heavy atom. The Labute approximate surface area is 142 Å². The van der Waals surface area contributed by atoms with Crippen molar-refractivity contribution < 1.29 is 9.59 Å². The third-order valence-corrected chi connectivity index (χ3v) is 4.47. The molecule has 2 fully saturated rings. The van der Waals surface area contributed by atoms with E-state index in [4.69, 9.17) is 0 Å². The topological polar surface area (TPSA) is 67.9 Å². The van der Waals surface area contributed by atoms with Crippen LogP contribution in [0.1, 0.15) is 13.3 Å². The van der Waals surface area contributed by atoms with Gasteiger partial charge in [-0.2, -0.15) is 0 Å². The zero-order chi connectivity index (χ0) is 16.9. The number of nitrogens with one attached hydrogen (secondary N) is 2. The molecule has 0 unspecified atom stereocenters. The number of carbonyl (C=O) groups excluding carboxylic acids is 2. The summed E-state index contributed by atoms with van der Waals surface area (Å²) in [6.07, 6.45) is 1.14. The minimum absolute atomic E-state index is 0.0748. The maximum Gasteiger partial charge on any atom is 0.321 e. The molecule has 2 heterocycles. The Kier molecular flexibility index (Phi) is 5.20. The first-order valence-electron chi connectivity index (χ1n) is 8.61. The molecule has 0 aliphatic carbocycles. The highest BCUT2D eigenvalue weighted by atomic mass is 16.2. The van der Waals surface area contributed by atoms with E-state index in [-0.39, 0.29) is 12.1 Å². The first kappa shape index (κ1) is 16.6. The first-order valence-corrected chi connectivity index (χ1v) is 8.61. The average molecular weight is 331 g/mol. The van der Waals surface area contributed by atoms with Crippen LogP contribution in [-0.4, -0.2) is 67.7 Å². The fourth-order valence-corrected chi connectivity index (χ4v) is 3.16. The van der Waals surface area contributed by atoms with Crippen LogP contribution in [-0.2, 0) is 0 Å². The number of hydrogen-bond donors (Lipinski definition) is 2. The second-order valence-electron chi connectivity index (χ2n) is 6.19. The fourth-order valence-electron chi connectivity index (χ4n) is 3.16. The van der Waals surface area contributed by atoms with Crippen molar-refractivity contribution in [1.29, 1.82) is 0 Å². The van der Waals surface area contributed by atoms with E-state index in [9.17, 15) is 9.59 Å². The first-order chi connectivity index (χ1) is 11.7. The minimum atomic E-state index is -0.0921. The van der Waals surface area contributed by atoms with Gasteiger partial charge in [0.05, 0.1) is 0 Å². The Morgan fingerprint density at radius 3 is 2.67 bits per heavy atom. The van der Waals surface area contributed by atoms with Crippen molar-refractivity contribution in [3.8, 4) is 0 Å². The molecule has 0 aromatic heterocycles. The molecule has 0 saturated carbocycles. The van der Waals surface area contributed by atoms with Crippen molar-refractivity contribution in [3.63, 3.8) is 0 Å². The van der Waals surface area contributed by atoms with Gasteiger partial charge in [-0.05, 0) is 31.2 Å². The van der Waals surface area contributed by atoms with Crippen molar-refractivity contribution in [3.05, 3.63) is 24.3 Å². The smallest absolute Gasteiger partial charge is 0.321 e. The van der Waals surface area contributed by atoms with Crippen LogP contribution >= 0.6 is 0 Å². The summed E-state index contributed by atoms with van der Waals surface area (Å²) in [5.41, 5.74) is 1.52. The van der Waals surface area contributed by atoms with E-state index in [2.05, 4.69) is 22.5 Å². The van der Waals surface area contributed by atoms with Gasteiger partial charge in [0.1, 0.15) is 0 Å². The van der Waals surface area contributed by atoms with E-state index < -0.39 is 0 Å². The van der Waals surface area contributed by atoms with E-state index >= 15 is 0 Å². The highest BCUT2D eigenvalue weighted by Crippen LogP contribution is 2.21. The molecule has 2 aliphatic heterocycles. The molecular formula is C17H25N5O2. The van der Waals surface area contributed by atoms with E-state index in [1.165, 1.54) is 0 Å². The van der Waals surface area contributed by atoms with Crippen LogP contribution in [0.3, 0.4) is 0 Å². The summed E-state index contributed by atoms with van der Waals surface area (Å²) in [6.45, 7) is 7.92. The molecule has 7 heteroatoms. The number of anilines is 2. The molecular weight excluding hydrogens is 306 g/mol. The van der Waals surface area contributed by atoms with Crippen molar-refractivity contribution >= 4 is 23.4 Å². The summed E-state index contributed by atoms with van der Waals surface area (Å²) in [6, 6.07) is 7.26. The lowest BCUT2D eigenvalue weighted by atomic mass is 10.2. The predicted molar refractivity (Wildman–Crippen MR) is 94.5 cm³/mol. The van der Waals surface area contributed by atoms with E-state index in [0.29, 0.717) is 18.8 Å². The van der Waals surface area contributed by atoms with Gasteiger partial charge in [-0.1, -0.05) is 13.0 Å². The van der Waals surface area contributed by atoms with E-state index in [0.717, 1.165) is 44.8 Å². The Balaban J connectivity index is 1.58. The quantitative estimate of drug-likeness (QED) is 0.884. The van der Waals surface area contributed by atoms with Gasteiger partial charge >= 0.3 is 12.1 Å². The van der Waals surface area contributed by atoms with Gasteiger partial charge in [0.25, 0.3) is 0 Å². The molecule has 0 atom stereocenters. The second kappa shape index (κ2) is 7.53. The average Bonchev–Trinajstić information content (AvgIpc) is 3.02. The monoisotopic (exact) mass is 331 g/mol. The number of nitrogens with zero attached hydrogens (tertiary/aromatic N) is 3.